The van der Waals surface area contributed by atoms with Gasteiger partial charge in [-0.25, -0.2) is 4.79 Å². The number of pyridine rings is 1. The molecule has 0 saturated heterocycles. The number of benzene rings is 2. The van der Waals surface area contributed by atoms with E-state index in [1.807, 2.05) is 12.1 Å². The number of nitriles is 1. The van der Waals surface area contributed by atoms with Crippen molar-refractivity contribution < 1.29 is 9.53 Å². The summed E-state index contributed by atoms with van der Waals surface area (Å²) >= 11 is 5.99. The third-order valence-electron chi connectivity index (χ3n) is 3.64. The van der Waals surface area contributed by atoms with Crippen molar-refractivity contribution in [1.29, 1.82) is 5.26 Å². The highest BCUT2D eigenvalue weighted by Gasteiger charge is 2.13. The van der Waals surface area contributed by atoms with Crippen molar-refractivity contribution in [3.63, 3.8) is 0 Å². The van der Waals surface area contributed by atoms with E-state index in [2.05, 4.69) is 4.98 Å². The van der Waals surface area contributed by atoms with Gasteiger partial charge in [0.25, 0.3) is 0 Å². The number of halogens is 1. The van der Waals surface area contributed by atoms with Crippen LogP contribution < -0.4 is 0 Å². The fraction of sp³-hybridized carbons (Fsp3) is 0.105. The summed E-state index contributed by atoms with van der Waals surface area (Å²) in [5.41, 5.74) is 3.18. The van der Waals surface area contributed by atoms with E-state index in [-0.39, 0.29) is 6.61 Å². The Morgan fingerprint density at radius 1 is 1.21 bits per heavy atom. The average molecular weight is 337 g/mol. The molecule has 0 aliphatic carbocycles. The number of ether oxygens (including phenoxy) is 1. The van der Waals surface area contributed by atoms with Crippen molar-refractivity contribution in [3.05, 3.63) is 75.9 Å². The largest absolute Gasteiger partial charge is 0.457 e. The van der Waals surface area contributed by atoms with Crippen molar-refractivity contribution in [3.8, 4) is 6.07 Å². The van der Waals surface area contributed by atoms with Gasteiger partial charge in [-0.05, 0) is 48.9 Å². The second-order valence-electron chi connectivity index (χ2n) is 5.34. The predicted molar refractivity (Wildman–Crippen MR) is 91.8 cm³/mol. The Labute approximate surface area is 144 Å². The van der Waals surface area contributed by atoms with E-state index < -0.39 is 5.97 Å². The normalized spacial score (nSPS) is 10.4. The number of hydrogen-bond acceptors (Lipinski definition) is 4. The number of aryl methyl sites for hydroxylation is 1. The van der Waals surface area contributed by atoms with Crippen LogP contribution in [0, 0.1) is 18.3 Å². The number of carbonyl (C=O) groups excluding carboxylic acids is 1. The molecule has 3 aromatic rings. The highest BCUT2D eigenvalue weighted by Crippen LogP contribution is 2.21. The van der Waals surface area contributed by atoms with Crippen molar-refractivity contribution in [2.45, 2.75) is 13.5 Å². The second-order valence-corrected chi connectivity index (χ2v) is 5.78. The summed E-state index contributed by atoms with van der Waals surface area (Å²) < 4.78 is 5.35. The number of rotatable bonds is 3. The Bertz CT molecular complexity index is 960. The number of carbonyl (C=O) groups is 1. The van der Waals surface area contributed by atoms with Gasteiger partial charge in [0.1, 0.15) is 6.61 Å². The summed E-state index contributed by atoms with van der Waals surface area (Å²) in [4.78, 5) is 16.8. The molecule has 1 aromatic heterocycles. The third-order valence-corrected chi connectivity index (χ3v) is 3.88. The minimum Gasteiger partial charge on any atom is -0.457 e. The van der Waals surface area contributed by atoms with Gasteiger partial charge >= 0.3 is 5.97 Å². The van der Waals surface area contributed by atoms with Crippen LogP contribution >= 0.6 is 11.6 Å². The standard InChI is InChI=1S/C19H13ClN2O2/c1-12-17(9-15-8-16(20)6-7-18(15)22-12)19(23)24-11-14-4-2-13(10-21)3-5-14/h2-9H,11H2,1H3. The van der Waals surface area contributed by atoms with Gasteiger partial charge in [-0.3, -0.25) is 4.98 Å². The Morgan fingerprint density at radius 3 is 2.67 bits per heavy atom. The van der Waals surface area contributed by atoms with Crippen molar-refractivity contribution >= 4 is 28.5 Å². The van der Waals surface area contributed by atoms with Crippen LogP contribution in [0.5, 0.6) is 0 Å². The van der Waals surface area contributed by atoms with Crippen LogP contribution in [-0.2, 0) is 11.3 Å². The fourth-order valence-corrected chi connectivity index (χ4v) is 2.53. The average Bonchev–Trinajstić information content (AvgIpc) is 2.60. The van der Waals surface area contributed by atoms with E-state index in [0.29, 0.717) is 21.8 Å². The first-order valence-corrected chi connectivity index (χ1v) is 7.67. The van der Waals surface area contributed by atoms with Crippen LogP contribution in [-0.4, -0.2) is 11.0 Å². The SMILES string of the molecule is Cc1nc2ccc(Cl)cc2cc1C(=O)OCc1ccc(C#N)cc1. The number of aromatic nitrogens is 1. The zero-order chi connectivity index (χ0) is 17.1. The molecule has 1 heterocycles. The molecule has 0 bridgehead atoms. The Kier molecular flexibility index (Phi) is 4.45. The summed E-state index contributed by atoms with van der Waals surface area (Å²) in [7, 11) is 0. The zero-order valence-corrected chi connectivity index (χ0v) is 13.7. The molecule has 0 spiro atoms. The van der Waals surface area contributed by atoms with Crippen LogP contribution in [0.1, 0.15) is 27.2 Å². The monoisotopic (exact) mass is 336 g/mol. The number of fused-ring (bicyclic) bond motifs is 1. The lowest BCUT2D eigenvalue weighted by atomic mass is 10.1. The molecule has 5 heteroatoms. The smallest absolute Gasteiger partial charge is 0.340 e. The minimum absolute atomic E-state index is 0.136. The van der Waals surface area contributed by atoms with E-state index in [1.165, 1.54) is 0 Å². The van der Waals surface area contributed by atoms with Crippen LogP contribution in [0.25, 0.3) is 10.9 Å². The lowest BCUT2D eigenvalue weighted by Gasteiger charge is -2.09. The van der Waals surface area contributed by atoms with Gasteiger partial charge < -0.3 is 4.74 Å². The molecule has 0 atom stereocenters. The highest BCUT2D eigenvalue weighted by atomic mass is 35.5. The maximum Gasteiger partial charge on any atom is 0.340 e. The first kappa shape index (κ1) is 16.0. The van der Waals surface area contributed by atoms with Gasteiger partial charge in [0.2, 0.25) is 0 Å². The van der Waals surface area contributed by atoms with Crippen LogP contribution in [0.2, 0.25) is 5.02 Å². The molecule has 0 fully saturated rings. The van der Waals surface area contributed by atoms with Gasteiger partial charge in [-0.15, -0.1) is 0 Å². The molecule has 0 aliphatic rings. The van der Waals surface area contributed by atoms with Gasteiger partial charge in [0, 0.05) is 10.4 Å². The summed E-state index contributed by atoms with van der Waals surface area (Å²) in [6.45, 7) is 1.91. The Morgan fingerprint density at radius 2 is 1.96 bits per heavy atom. The molecule has 0 saturated carbocycles. The van der Waals surface area contributed by atoms with Gasteiger partial charge in [-0.1, -0.05) is 23.7 Å². The van der Waals surface area contributed by atoms with E-state index in [9.17, 15) is 4.79 Å². The summed E-state index contributed by atoms with van der Waals surface area (Å²) in [5, 5.41) is 10.2. The van der Waals surface area contributed by atoms with Crippen molar-refractivity contribution in [2.75, 3.05) is 0 Å². The summed E-state index contributed by atoms with van der Waals surface area (Å²) in [6, 6.07) is 16.0. The number of nitrogens with zero attached hydrogens (tertiary/aromatic N) is 2. The number of esters is 1. The predicted octanol–water partition coefficient (Wildman–Crippen LogP) is 4.43. The molecule has 0 radical (unpaired) electrons. The molecule has 0 amide bonds. The van der Waals surface area contributed by atoms with Crippen molar-refractivity contribution in [1.82, 2.24) is 4.98 Å². The molecule has 0 unspecified atom stereocenters. The highest BCUT2D eigenvalue weighted by molar-refractivity contribution is 6.31. The molecule has 2 aromatic carbocycles. The molecule has 0 aliphatic heterocycles. The third kappa shape index (κ3) is 3.37. The zero-order valence-electron chi connectivity index (χ0n) is 12.9. The quantitative estimate of drug-likeness (QED) is 0.664. The molecule has 3 rings (SSSR count). The molecular weight excluding hydrogens is 324 g/mol. The van der Waals surface area contributed by atoms with Crippen LogP contribution in [0.15, 0.2) is 48.5 Å². The van der Waals surface area contributed by atoms with Crippen LogP contribution in [0.3, 0.4) is 0 Å². The molecule has 0 N–H and O–H groups in total. The Balaban J connectivity index is 1.80. The number of hydrogen-bond donors (Lipinski definition) is 0. The van der Waals surface area contributed by atoms with Gasteiger partial charge in [0.15, 0.2) is 0 Å². The fourth-order valence-electron chi connectivity index (χ4n) is 2.35. The molecule has 24 heavy (non-hydrogen) atoms. The van der Waals surface area contributed by atoms with Gasteiger partial charge in [-0.2, -0.15) is 5.26 Å². The topological polar surface area (TPSA) is 63.0 Å². The summed E-state index contributed by atoms with van der Waals surface area (Å²) in [5.74, 6) is -0.439. The molecule has 4 nitrogen and oxygen atoms in total. The Hall–Kier alpha value is -2.90. The van der Waals surface area contributed by atoms with E-state index in [1.54, 1.807) is 49.4 Å². The van der Waals surface area contributed by atoms with E-state index in [0.717, 1.165) is 16.5 Å². The lowest BCUT2D eigenvalue weighted by Crippen LogP contribution is -2.08. The minimum atomic E-state index is -0.439. The van der Waals surface area contributed by atoms with Crippen molar-refractivity contribution in [2.24, 2.45) is 0 Å². The first-order chi connectivity index (χ1) is 11.6. The van der Waals surface area contributed by atoms with Gasteiger partial charge in [0.05, 0.1) is 28.4 Å². The first-order valence-electron chi connectivity index (χ1n) is 7.30. The maximum absolute atomic E-state index is 12.3. The second kappa shape index (κ2) is 6.69. The summed E-state index contributed by atoms with van der Waals surface area (Å²) in [6.07, 6.45) is 0. The lowest BCUT2D eigenvalue weighted by molar-refractivity contribution is 0.0471. The van der Waals surface area contributed by atoms with E-state index >= 15 is 0 Å². The maximum atomic E-state index is 12.3. The molecular formula is C19H13ClN2O2. The molecule has 118 valence electrons. The van der Waals surface area contributed by atoms with E-state index in [4.69, 9.17) is 21.6 Å². The van der Waals surface area contributed by atoms with Crippen LogP contribution in [0.4, 0.5) is 0 Å².